The standard InChI is InChI=1S/C20H18BrN5O/c21-14-4-5-17-15(11-14)19(25-26(17)18-3-1-2-10-27-18)16-12-23-20(24-16)13-6-8-22-9-7-13/h4-9,11-12,18H,1-3,10H2,(H,23,24). The second-order valence-corrected chi connectivity index (χ2v) is 7.57. The van der Waals surface area contributed by atoms with Gasteiger partial charge in [-0.3, -0.25) is 4.98 Å². The molecule has 1 N–H and O–H groups in total. The quantitative estimate of drug-likeness (QED) is 0.505. The van der Waals surface area contributed by atoms with E-state index in [2.05, 4.69) is 43.0 Å². The zero-order chi connectivity index (χ0) is 18.2. The van der Waals surface area contributed by atoms with Crippen LogP contribution in [0.4, 0.5) is 0 Å². The largest absolute Gasteiger partial charge is 0.356 e. The number of hydrogen-bond acceptors (Lipinski definition) is 4. The van der Waals surface area contributed by atoms with Gasteiger partial charge in [-0.25, -0.2) is 9.67 Å². The van der Waals surface area contributed by atoms with Gasteiger partial charge in [-0.05, 0) is 49.6 Å². The molecular formula is C20H18BrN5O. The number of aromatic amines is 1. The monoisotopic (exact) mass is 423 g/mol. The molecule has 1 aliphatic rings. The van der Waals surface area contributed by atoms with Gasteiger partial charge in [0.15, 0.2) is 6.23 Å². The van der Waals surface area contributed by atoms with Gasteiger partial charge < -0.3 is 9.72 Å². The Labute approximate surface area is 164 Å². The number of pyridine rings is 1. The number of ether oxygens (including phenoxy) is 1. The molecule has 0 bridgehead atoms. The first-order chi connectivity index (χ1) is 13.3. The lowest BCUT2D eigenvalue weighted by molar-refractivity contribution is -0.0365. The molecule has 1 aromatic carbocycles. The van der Waals surface area contributed by atoms with Crippen LogP contribution < -0.4 is 0 Å². The maximum Gasteiger partial charge on any atom is 0.150 e. The SMILES string of the molecule is Brc1ccc2c(c1)c(-c1cnc(-c3ccncc3)[nH]1)nn2C1CCCCO1. The van der Waals surface area contributed by atoms with Gasteiger partial charge >= 0.3 is 0 Å². The third kappa shape index (κ3) is 3.07. The highest BCUT2D eigenvalue weighted by atomic mass is 79.9. The Hall–Kier alpha value is -2.51. The second-order valence-electron chi connectivity index (χ2n) is 6.66. The lowest BCUT2D eigenvalue weighted by Crippen LogP contribution is -2.19. The molecule has 1 aliphatic heterocycles. The minimum Gasteiger partial charge on any atom is -0.356 e. The average Bonchev–Trinajstić information content (AvgIpc) is 3.34. The summed E-state index contributed by atoms with van der Waals surface area (Å²) < 4.78 is 9.02. The van der Waals surface area contributed by atoms with Gasteiger partial charge in [0.05, 0.1) is 17.4 Å². The number of nitrogens with zero attached hydrogens (tertiary/aromatic N) is 4. The number of fused-ring (bicyclic) bond motifs is 1. The van der Waals surface area contributed by atoms with Crippen molar-refractivity contribution in [1.82, 2.24) is 24.7 Å². The molecule has 0 saturated carbocycles. The molecule has 0 radical (unpaired) electrons. The number of rotatable bonds is 3. The topological polar surface area (TPSA) is 68.6 Å². The summed E-state index contributed by atoms with van der Waals surface area (Å²) in [6, 6.07) is 10.1. The van der Waals surface area contributed by atoms with Crippen molar-refractivity contribution in [2.24, 2.45) is 0 Å². The van der Waals surface area contributed by atoms with E-state index in [0.717, 1.165) is 64.0 Å². The van der Waals surface area contributed by atoms with Crippen LogP contribution >= 0.6 is 15.9 Å². The van der Waals surface area contributed by atoms with Crippen molar-refractivity contribution in [2.75, 3.05) is 6.61 Å². The summed E-state index contributed by atoms with van der Waals surface area (Å²) in [5, 5.41) is 5.99. The van der Waals surface area contributed by atoms with Crippen LogP contribution in [0, 0.1) is 0 Å². The smallest absolute Gasteiger partial charge is 0.150 e. The summed E-state index contributed by atoms with van der Waals surface area (Å²) in [6.07, 6.45) is 8.61. The highest BCUT2D eigenvalue weighted by Crippen LogP contribution is 2.34. The molecule has 0 amide bonds. The lowest BCUT2D eigenvalue weighted by Gasteiger charge is -2.23. The van der Waals surface area contributed by atoms with Crippen LogP contribution in [-0.2, 0) is 4.74 Å². The zero-order valence-corrected chi connectivity index (χ0v) is 16.2. The van der Waals surface area contributed by atoms with Gasteiger partial charge in [0.2, 0.25) is 0 Å². The van der Waals surface area contributed by atoms with E-state index in [-0.39, 0.29) is 6.23 Å². The molecule has 3 aromatic heterocycles. The Bertz CT molecular complexity index is 1080. The predicted molar refractivity (Wildman–Crippen MR) is 107 cm³/mol. The van der Waals surface area contributed by atoms with Gasteiger partial charge in [-0.15, -0.1) is 0 Å². The molecule has 27 heavy (non-hydrogen) atoms. The van der Waals surface area contributed by atoms with Crippen molar-refractivity contribution in [3.8, 4) is 22.8 Å². The number of hydrogen-bond donors (Lipinski definition) is 1. The van der Waals surface area contributed by atoms with Gasteiger partial charge in [0, 0.05) is 34.4 Å². The normalized spacial score (nSPS) is 17.4. The molecule has 0 aliphatic carbocycles. The fraction of sp³-hybridized carbons (Fsp3) is 0.250. The van der Waals surface area contributed by atoms with Crippen LogP contribution in [0.1, 0.15) is 25.5 Å². The lowest BCUT2D eigenvalue weighted by atomic mass is 10.1. The number of nitrogens with one attached hydrogen (secondary N) is 1. The minimum absolute atomic E-state index is 0.0150. The summed E-state index contributed by atoms with van der Waals surface area (Å²) in [6.45, 7) is 0.786. The Morgan fingerprint density at radius 1 is 1.15 bits per heavy atom. The van der Waals surface area contributed by atoms with Crippen LogP contribution in [-0.4, -0.2) is 31.3 Å². The van der Waals surface area contributed by atoms with E-state index in [1.54, 1.807) is 12.4 Å². The Kier molecular flexibility index (Phi) is 4.26. The van der Waals surface area contributed by atoms with E-state index in [1.165, 1.54) is 0 Å². The van der Waals surface area contributed by atoms with Crippen LogP contribution in [0.25, 0.3) is 33.7 Å². The van der Waals surface area contributed by atoms with Crippen molar-refractivity contribution < 1.29 is 4.74 Å². The van der Waals surface area contributed by atoms with Gasteiger partial charge in [0.25, 0.3) is 0 Å². The molecule has 5 rings (SSSR count). The van der Waals surface area contributed by atoms with Crippen LogP contribution in [0.5, 0.6) is 0 Å². The van der Waals surface area contributed by atoms with Crippen molar-refractivity contribution in [1.29, 1.82) is 0 Å². The number of aromatic nitrogens is 5. The van der Waals surface area contributed by atoms with Gasteiger partial charge in [-0.2, -0.15) is 5.10 Å². The van der Waals surface area contributed by atoms with E-state index < -0.39 is 0 Å². The number of imidazole rings is 1. The van der Waals surface area contributed by atoms with Crippen molar-refractivity contribution >= 4 is 26.8 Å². The predicted octanol–water partition coefficient (Wildman–Crippen LogP) is 4.95. The molecule has 1 unspecified atom stereocenters. The molecule has 1 fully saturated rings. The summed E-state index contributed by atoms with van der Waals surface area (Å²) >= 11 is 3.59. The molecule has 0 spiro atoms. The maximum atomic E-state index is 5.98. The van der Waals surface area contributed by atoms with Crippen LogP contribution in [0.15, 0.2) is 53.4 Å². The Morgan fingerprint density at radius 3 is 2.85 bits per heavy atom. The first-order valence-electron chi connectivity index (χ1n) is 9.05. The first kappa shape index (κ1) is 16.6. The van der Waals surface area contributed by atoms with E-state index >= 15 is 0 Å². The van der Waals surface area contributed by atoms with Crippen molar-refractivity contribution in [2.45, 2.75) is 25.5 Å². The molecule has 4 aromatic rings. The van der Waals surface area contributed by atoms with E-state index in [1.807, 2.05) is 29.1 Å². The number of benzene rings is 1. The Morgan fingerprint density at radius 2 is 2.04 bits per heavy atom. The Balaban J connectivity index is 1.63. The van der Waals surface area contributed by atoms with Crippen LogP contribution in [0.2, 0.25) is 0 Å². The summed E-state index contributed by atoms with van der Waals surface area (Å²) in [4.78, 5) is 12.0. The van der Waals surface area contributed by atoms with E-state index in [9.17, 15) is 0 Å². The fourth-order valence-corrected chi connectivity index (χ4v) is 3.91. The second kappa shape index (κ2) is 6.90. The maximum absolute atomic E-state index is 5.98. The van der Waals surface area contributed by atoms with Gasteiger partial charge in [-0.1, -0.05) is 15.9 Å². The number of H-pyrrole nitrogens is 1. The summed E-state index contributed by atoms with van der Waals surface area (Å²) in [5.41, 5.74) is 3.84. The molecule has 6 nitrogen and oxygen atoms in total. The third-order valence-electron chi connectivity index (χ3n) is 4.88. The molecular weight excluding hydrogens is 406 g/mol. The van der Waals surface area contributed by atoms with Crippen LogP contribution in [0.3, 0.4) is 0 Å². The summed E-state index contributed by atoms with van der Waals surface area (Å²) in [7, 11) is 0. The molecule has 4 heterocycles. The highest BCUT2D eigenvalue weighted by molar-refractivity contribution is 9.10. The average molecular weight is 424 g/mol. The molecule has 7 heteroatoms. The molecule has 136 valence electrons. The van der Waals surface area contributed by atoms with E-state index in [4.69, 9.17) is 9.84 Å². The fourth-order valence-electron chi connectivity index (χ4n) is 3.55. The summed E-state index contributed by atoms with van der Waals surface area (Å²) in [5.74, 6) is 0.805. The van der Waals surface area contributed by atoms with Gasteiger partial charge in [0.1, 0.15) is 11.5 Å². The van der Waals surface area contributed by atoms with Crippen molar-refractivity contribution in [3.05, 3.63) is 53.4 Å². The zero-order valence-electron chi connectivity index (χ0n) is 14.6. The molecule has 1 saturated heterocycles. The van der Waals surface area contributed by atoms with E-state index in [0.29, 0.717) is 0 Å². The number of halogens is 1. The third-order valence-corrected chi connectivity index (χ3v) is 5.37. The molecule has 1 atom stereocenters. The highest BCUT2D eigenvalue weighted by Gasteiger charge is 2.22. The van der Waals surface area contributed by atoms with Crippen molar-refractivity contribution in [3.63, 3.8) is 0 Å². The minimum atomic E-state index is -0.0150. The first-order valence-corrected chi connectivity index (χ1v) is 9.84.